The quantitative estimate of drug-likeness (QED) is 0.898. The summed E-state index contributed by atoms with van der Waals surface area (Å²) in [5, 5.41) is 8.70. The number of nitrogens with zero attached hydrogens (tertiary/aromatic N) is 2. The van der Waals surface area contributed by atoms with E-state index in [-0.39, 0.29) is 6.04 Å². The van der Waals surface area contributed by atoms with Gasteiger partial charge < -0.3 is 14.8 Å². The van der Waals surface area contributed by atoms with Crippen LogP contribution in [0.15, 0.2) is 12.1 Å². The highest BCUT2D eigenvalue weighted by molar-refractivity contribution is 6.30. The third-order valence-corrected chi connectivity index (χ3v) is 4.79. The summed E-state index contributed by atoms with van der Waals surface area (Å²) in [4.78, 5) is 0. The van der Waals surface area contributed by atoms with E-state index in [1.165, 1.54) is 11.1 Å². The number of hydrogen-bond donors (Lipinski definition) is 1. The SMILES string of the molecule is CCOc1cc2c(cc1OCC)[C@@H](c1c(C)nn(C)c1Cl)NCC2. The van der Waals surface area contributed by atoms with Crippen molar-refractivity contribution in [2.75, 3.05) is 19.8 Å². The molecule has 1 aliphatic rings. The van der Waals surface area contributed by atoms with Gasteiger partial charge in [-0.2, -0.15) is 5.10 Å². The van der Waals surface area contributed by atoms with Crippen LogP contribution in [-0.2, 0) is 13.5 Å². The molecule has 2 heterocycles. The third-order valence-electron chi connectivity index (χ3n) is 4.34. The third kappa shape index (κ3) is 2.98. The molecule has 0 saturated heterocycles. The lowest BCUT2D eigenvalue weighted by molar-refractivity contribution is 0.286. The molecule has 0 aliphatic carbocycles. The Bertz CT molecular complexity index is 742. The van der Waals surface area contributed by atoms with Crippen LogP contribution in [0, 0.1) is 6.92 Å². The number of rotatable bonds is 5. The van der Waals surface area contributed by atoms with Gasteiger partial charge >= 0.3 is 0 Å². The molecule has 0 fully saturated rings. The largest absolute Gasteiger partial charge is 0.490 e. The molecule has 0 bridgehead atoms. The van der Waals surface area contributed by atoms with E-state index in [1.807, 2.05) is 27.8 Å². The molecule has 0 radical (unpaired) electrons. The van der Waals surface area contributed by atoms with Gasteiger partial charge in [0.2, 0.25) is 0 Å². The average Bonchev–Trinajstić information content (AvgIpc) is 2.81. The number of hydrogen-bond acceptors (Lipinski definition) is 4. The van der Waals surface area contributed by atoms with Gasteiger partial charge in [-0.1, -0.05) is 11.6 Å². The second-order valence-electron chi connectivity index (χ2n) is 5.91. The van der Waals surface area contributed by atoms with E-state index in [0.29, 0.717) is 18.4 Å². The summed E-state index contributed by atoms with van der Waals surface area (Å²) in [7, 11) is 1.87. The van der Waals surface area contributed by atoms with Crippen LogP contribution < -0.4 is 14.8 Å². The van der Waals surface area contributed by atoms with Crippen LogP contribution in [0.4, 0.5) is 0 Å². The Kier molecular flexibility index (Phi) is 5.01. The van der Waals surface area contributed by atoms with Crippen molar-refractivity contribution in [1.29, 1.82) is 0 Å². The van der Waals surface area contributed by atoms with E-state index in [1.54, 1.807) is 4.68 Å². The zero-order valence-corrected chi connectivity index (χ0v) is 15.4. The van der Waals surface area contributed by atoms with Gasteiger partial charge in [-0.25, -0.2) is 0 Å². The second-order valence-corrected chi connectivity index (χ2v) is 6.27. The molecule has 1 aromatic carbocycles. The van der Waals surface area contributed by atoms with Gasteiger partial charge in [0.1, 0.15) is 5.15 Å². The molecular formula is C18H24ClN3O2. The molecule has 6 heteroatoms. The summed E-state index contributed by atoms with van der Waals surface area (Å²) in [6.45, 7) is 8.07. The molecule has 1 aromatic heterocycles. The van der Waals surface area contributed by atoms with E-state index in [9.17, 15) is 0 Å². The van der Waals surface area contributed by atoms with Crippen molar-refractivity contribution in [2.45, 2.75) is 33.2 Å². The number of ether oxygens (including phenoxy) is 2. The van der Waals surface area contributed by atoms with E-state index < -0.39 is 0 Å². The van der Waals surface area contributed by atoms with Crippen molar-refractivity contribution in [1.82, 2.24) is 15.1 Å². The van der Waals surface area contributed by atoms with Gasteiger partial charge in [0, 0.05) is 19.2 Å². The Hall–Kier alpha value is -1.72. The topological polar surface area (TPSA) is 48.3 Å². The molecule has 0 spiro atoms. The fraction of sp³-hybridized carbons (Fsp3) is 0.500. The Morgan fingerprint density at radius 2 is 1.92 bits per heavy atom. The highest BCUT2D eigenvalue weighted by Gasteiger charge is 2.29. The number of aryl methyl sites for hydroxylation is 2. The molecule has 1 aliphatic heterocycles. The number of benzene rings is 1. The molecule has 2 aromatic rings. The van der Waals surface area contributed by atoms with Crippen LogP contribution in [0.2, 0.25) is 5.15 Å². The highest BCUT2D eigenvalue weighted by Crippen LogP contribution is 2.40. The Morgan fingerprint density at radius 3 is 2.50 bits per heavy atom. The van der Waals surface area contributed by atoms with E-state index in [4.69, 9.17) is 21.1 Å². The first-order chi connectivity index (χ1) is 11.6. The molecular weight excluding hydrogens is 326 g/mol. The highest BCUT2D eigenvalue weighted by atomic mass is 35.5. The summed E-state index contributed by atoms with van der Waals surface area (Å²) < 4.78 is 13.3. The van der Waals surface area contributed by atoms with E-state index in [0.717, 1.165) is 35.7 Å². The van der Waals surface area contributed by atoms with Crippen molar-refractivity contribution >= 4 is 11.6 Å². The van der Waals surface area contributed by atoms with Crippen molar-refractivity contribution < 1.29 is 9.47 Å². The molecule has 0 amide bonds. The molecule has 0 saturated carbocycles. The van der Waals surface area contributed by atoms with Crippen molar-refractivity contribution in [2.24, 2.45) is 7.05 Å². The fourth-order valence-electron chi connectivity index (χ4n) is 3.33. The monoisotopic (exact) mass is 349 g/mol. The van der Waals surface area contributed by atoms with Crippen LogP contribution in [-0.4, -0.2) is 29.5 Å². The van der Waals surface area contributed by atoms with Crippen molar-refractivity contribution in [3.05, 3.63) is 39.7 Å². The summed E-state index contributed by atoms with van der Waals surface area (Å²) in [6.07, 6.45) is 0.954. The van der Waals surface area contributed by atoms with Crippen molar-refractivity contribution in [3.8, 4) is 11.5 Å². The van der Waals surface area contributed by atoms with Gasteiger partial charge in [-0.05, 0) is 50.5 Å². The first-order valence-corrected chi connectivity index (χ1v) is 8.79. The minimum Gasteiger partial charge on any atom is -0.490 e. The summed E-state index contributed by atoms with van der Waals surface area (Å²) in [5.74, 6) is 1.59. The predicted molar refractivity (Wildman–Crippen MR) is 95.3 cm³/mol. The second kappa shape index (κ2) is 7.03. The van der Waals surface area contributed by atoms with Crippen LogP contribution in [0.3, 0.4) is 0 Å². The van der Waals surface area contributed by atoms with Gasteiger partial charge in [0.05, 0.1) is 24.9 Å². The Balaban J connectivity index is 2.10. The Morgan fingerprint density at radius 1 is 1.25 bits per heavy atom. The average molecular weight is 350 g/mol. The Labute approximate surface area is 147 Å². The normalized spacial score (nSPS) is 16.8. The maximum absolute atomic E-state index is 6.50. The summed E-state index contributed by atoms with van der Waals surface area (Å²) in [5.41, 5.74) is 4.43. The number of aromatic nitrogens is 2. The van der Waals surface area contributed by atoms with Crippen molar-refractivity contribution in [3.63, 3.8) is 0 Å². The first-order valence-electron chi connectivity index (χ1n) is 8.41. The van der Waals surface area contributed by atoms with Gasteiger partial charge in [0.15, 0.2) is 11.5 Å². The number of nitrogens with one attached hydrogen (secondary N) is 1. The lowest BCUT2D eigenvalue weighted by Crippen LogP contribution is -2.31. The minimum absolute atomic E-state index is 0.0184. The van der Waals surface area contributed by atoms with Crippen LogP contribution in [0.1, 0.15) is 42.3 Å². The van der Waals surface area contributed by atoms with E-state index in [2.05, 4.69) is 22.5 Å². The lowest BCUT2D eigenvalue weighted by atomic mass is 9.89. The molecule has 1 N–H and O–H groups in total. The van der Waals surface area contributed by atoms with Crippen LogP contribution in [0.5, 0.6) is 11.5 Å². The van der Waals surface area contributed by atoms with Gasteiger partial charge in [0.25, 0.3) is 0 Å². The maximum Gasteiger partial charge on any atom is 0.161 e. The minimum atomic E-state index is 0.0184. The predicted octanol–water partition coefficient (Wildman–Crippen LogP) is 3.41. The standard InChI is InChI=1S/C18H24ClN3O2/c1-5-23-14-9-12-7-8-20-17(13(12)10-15(14)24-6-2)16-11(3)21-22(4)18(16)19/h9-10,17,20H,5-8H2,1-4H3/t17-/m0/s1. The lowest BCUT2D eigenvalue weighted by Gasteiger charge is -2.28. The molecule has 3 rings (SSSR count). The van der Waals surface area contributed by atoms with Gasteiger partial charge in [-0.3, -0.25) is 4.68 Å². The summed E-state index contributed by atoms with van der Waals surface area (Å²) in [6, 6.07) is 4.21. The maximum atomic E-state index is 6.50. The number of fused-ring (bicyclic) bond motifs is 1. The zero-order chi connectivity index (χ0) is 17.3. The van der Waals surface area contributed by atoms with Crippen LogP contribution >= 0.6 is 11.6 Å². The van der Waals surface area contributed by atoms with E-state index >= 15 is 0 Å². The zero-order valence-electron chi connectivity index (χ0n) is 14.6. The smallest absolute Gasteiger partial charge is 0.161 e. The molecule has 1 atom stereocenters. The fourth-order valence-corrected chi connectivity index (χ4v) is 3.62. The van der Waals surface area contributed by atoms with Crippen LogP contribution in [0.25, 0.3) is 0 Å². The van der Waals surface area contributed by atoms with Gasteiger partial charge in [-0.15, -0.1) is 0 Å². The molecule has 130 valence electrons. The number of halogens is 1. The molecule has 5 nitrogen and oxygen atoms in total. The molecule has 24 heavy (non-hydrogen) atoms. The summed E-state index contributed by atoms with van der Waals surface area (Å²) >= 11 is 6.50. The molecule has 0 unspecified atom stereocenters. The first kappa shape index (κ1) is 17.1.